The molecule has 8 heteroatoms. The van der Waals surface area contributed by atoms with Crippen LogP contribution in [0, 0.1) is 0 Å². The summed E-state index contributed by atoms with van der Waals surface area (Å²) in [6.07, 6.45) is 1.45. The number of amides is 1. The molecule has 0 spiro atoms. The summed E-state index contributed by atoms with van der Waals surface area (Å²) in [6.45, 7) is 2.21. The predicted octanol–water partition coefficient (Wildman–Crippen LogP) is 0.144. The number of nitrogens with zero attached hydrogens (tertiary/aromatic N) is 2. The number of rotatable bonds is 4. The molecule has 0 aliphatic heterocycles. The number of hydrogen-bond acceptors (Lipinski definition) is 5. The van der Waals surface area contributed by atoms with Crippen molar-refractivity contribution >= 4 is 11.9 Å². The van der Waals surface area contributed by atoms with Crippen molar-refractivity contribution in [2.45, 2.75) is 6.92 Å². The number of nitrogens with one attached hydrogen (secondary N) is 3. The molecule has 0 aromatic carbocycles. The Morgan fingerprint density at radius 1 is 1.56 bits per heavy atom. The van der Waals surface area contributed by atoms with Gasteiger partial charge in [-0.2, -0.15) is 4.98 Å². The monoisotopic (exact) mass is 249 g/mol. The highest BCUT2D eigenvalue weighted by atomic mass is 16.5. The Balaban J connectivity index is 2.11. The molecule has 0 aliphatic carbocycles. The lowest BCUT2D eigenvalue weighted by Gasteiger charge is -1.99. The van der Waals surface area contributed by atoms with Gasteiger partial charge in [0.15, 0.2) is 0 Å². The average Bonchev–Trinajstić information content (AvgIpc) is 2.77. The van der Waals surface area contributed by atoms with Gasteiger partial charge >= 0.3 is 6.01 Å². The first-order valence-corrected chi connectivity index (χ1v) is 5.25. The maximum Gasteiger partial charge on any atom is 0.337 e. The first-order valence-electron chi connectivity index (χ1n) is 5.25. The number of carbonyl (C=O) groups excluding carboxylic acids is 1. The molecule has 0 saturated carbocycles. The highest BCUT2D eigenvalue weighted by Crippen LogP contribution is 2.06. The number of aromatic amines is 2. The van der Waals surface area contributed by atoms with E-state index >= 15 is 0 Å². The summed E-state index contributed by atoms with van der Waals surface area (Å²) in [4.78, 5) is 29.4. The average molecular weight is 249 g/mol. The van der Waals surface area contributed by atoms with Gasteiger partial charge in [0.2, 0.25) is 5.95 Å². The second-order valence-corrected chi connectivity index (χ2v) is 3.27. The highest BCUT2D eigenvalue weighted by Gasteiger charge is 2.12. The maximum absolute atomic E-state index is 11.7. The predicted molar refractivity (Wildman–Crippen MR) is 62.6 cm³/mol. The van der Waals surface area contributed by atoms with Gasteiger partial charge in [-0.15, -0.1) is 5.10 Å². The van der Waals surface area contributed by atoms with Crippen molar-refractivity contribution in [2.75, 3.05) is 11.9 Å². The van der Waals surface area contributed by atoms with E-state index in [9.17, 15) is 9.59 Å². The molecule has 0 saturated heterocycles. The van der Waals surface area contributed by atoms with E-state index in [1.165, 1.54) is 12.3 Å². The molecule has 0 atom stereocenters. The van der Waals surface area contributed by atoms with Gasteiger partial charge in [0, 0.05) is 6.20 Å². The minimum atomic E-state index is -0.573. The number of carbonyl (C=O) groups is 1. The molecule has 2 aromatic heterocycles. The van der Waals surface area contributed by atoms with Gasteiger partial charge in [-0.3, -0.25) is 14.9 Å². The van der Waals surface area contributed by atoms with Crippen LogP contribution in [0.5, 0.6) is 6.01 Å². The maximum atomic E-state index is 11.7. The highest BCUT2D eigenvalue weighted by molar-refractivity contribution is 6.02. The molecule has 18 heavy (non-hydrogen) atoms. The van der Waals surface area contributed by atoms with Crippen LogP contribution < -0.4 is 15.6 Å². The molecular formula is C10H11N5O3. The fourth-order valence-corrected chi connectivity index (χ4v) is 1.27. The van der Waals surface area contributed by atoms with Gasteiger partial charge in [-0.1, -0.05) is 0 Å². The SMILES string of the molecule is CCOc1n[nH]c(NC(=O)c2ccc[nH]c2=O)n1. The van der Waals surface area contributed by atoms with Crippen LogP contribution in [0.3, 0.4) is 0 Å². The summed E-state index contributed by atoms with van der Waals surface area (Å²) in [5, 5.41) is 8.61. The standard InChI is InChI=1S/C10H11N5O3/c1-2-18-10-13-9(14-15-10)12-8(17)6-4-3-5-11-7(6)16/h3-5H,2H2,1H3,(H,11,16)(H2,12,13,14,15,17). The van der Waals surface area contributed by atoms with Gasteiger partial charge in [0.1, 0.15) is 5.56 Å². The van der Waals surface area contributed by atoms with Gasteiger partial charge in [0.25, 0.3) is 11.5 Å². The molecule has 0 fully saturated rings. The fraction of sp³-hybridized carbons (Fsp3) is 0.200. The first-order chi connectivity index (χ1) is 8.70. The van der Waals surface area contributed by atoms with Crippen molar-refractivity contribution in [1.82, 2.24) is 20.2 Å². The molecule has 1 amide bonds. The van der Waals surface area contributed by atoms with Crippen molar-refractivity contribution < 1.29 is 9.53 Å². The number of H-pyrrole nitrogens is 2. The molecule has 8 nitrogen and oxygen atoms in total. The van der Waals surface area contributed by atoms with Crippen LogP contribution in [0.25, 0.3) is 0 Å². The van der Waals surface area contributed by atoms with E-state index in [0.29, 0.717) is 6.61 Å². The fourth-order valence-electron chi connectivity index (χ4n) is 1.27. The number of ether oxygens (including phenoxy) is 1. The summed E-state index contributed by atoms with van der Waals surface area (Å²) in [6, 6.07) is 3.10. The lowest BCUT2D eigenvalue weighted by atomic mass is 10.2. The normalized spacial score (nSPS) is 10.1. The third-order valence-corrected chi connectivity index (χ3v) is 2.03. The van der Waals surface area contributed by atoms with Crippen LogP contribution >= 0.6 is 0 Å². The second kappa shape index (κ2) is 5.13. The van der Waals surface area contributed by atoms with E-state index in [-0.39, 0.29) is 17.5 Å². The molecule has 3 N–H and O–H groups in total. The van der Waals surface area contributed by atoms with Crippen LogP contribution in [0.2, 0.25) is 0 Å². The molecule has 0 unspecified atom stereocenters. The number of aromatic nitrogens is 4. The van der Waals surface area contributed by atoms with Gasteiger partial charge in [0.05, 0.1) is 6.61 Å². The largest absolute Gasteiger partial charge is 0.463 e. The molecule has 0 aliphatic rings. The number of pyridine rings is 1. The Labute approximate surface area is 101 Å². The van der Waals surface area contributed by atoms with Crippen molar-refractivity contribution in [3.8, 4) is 6.01 Å². The van der Waals surface area contributed by atoms with Gasteiger partial charge in [-0.05, 0) is 19.1 Å². The van der Waals surface area contributed by atoms with E-state index < -0.39 is 11.5 Å². The zero-order valence-corrected chi connectivity index (χ0v) is 9.56. The van der Waals surface area contributed by atoms with Crippen molar-refractivity contribution in [2.24, 2.45) is 0 Å². The lowest BCUT2D eigenvalue weighted by Crippen LogP contribution is -2.22. The molecular weight excluding hydrogens is 238 g/mol. The van der Waals surface area contributed by atoms with Crippen LogP contribution in [0.15, 0.2) is 23.1 Å². The van der Waals surface area contributed by atoms with Crippen LogP contribution in [0.4, 0.5) is 5.95 Å². The van der Waals surface area contributed by atoms with Crippen molar-refractivity contribution in [1.29, 1.82) is 0 Å². The Hall–Kier alpha value is -2.64. The van der Waals surface area contributed by atoms with Crippen LogP contribution in [-0.2, 0) is 0 Å². The van der Waals surface area contributed by atoms with Gasteiger partial charge < -0.3 is 9.72 Å². The summed E-state index contributed by atoms with van der Waals surface area (Å²) in [5.74, 6) is -0.456. The minimum Gasteiger partial charge on any atom is -0.463 e. The Morgan fingerprint density at radius 2 is 2.39 bits per heavy atom. The number of anilines is 1. The summed E-state index contributed by atoms with van der Waals surface area (Å²) < 4.78 is 5.02. The third-order valence-electron chi connectivity index (χ3n) is 2.03. The summed E-state index contributed by atoms with van der Waals surface area (Å²) in [5.41, 5.74) is -0.480. The second-order valence-electron chi connectivity index (χ2n) is 3.27. The molecule has 2 aromatic rings. The van der Waals surface area contributed by atoms with Crippen molar-refractivity contribution in [3.05, 3.63) is 34.2 Å². The molecule has 0 radical (unpaired) electrons. The van der Waals surface area contributed by atoms with E-state index in [0.717, 1.165) is 0 Å². The van der Waals surface area contributed by atoms with Crippen LogP contribution in [0.1, 0.15) is 17.3 Å². The molecule has 2 rings (SSSR count). The number of hydrogen-bond donors (Lipinski definition) is 3. The lowest BCUT2D eigenvalue weighted by molar-refractivity contribution is 0.102. The molecule has 2 heterocycles. The van der Waals surface area contributed by atoms with E-state index in [1.807, 2.05) is 0 Å². The quantitative estimate of drug-likeness (QED) is 0.713. The molecule has 0 bridgehead atoms. The summed E-state index contributed by atoms with van der Waals surface area (Å²) >= 11 is 0. The van der Waals surface area contributed by atoms with E-state index in [1.54, 1.807) is 13.0 Å². The van der Waals surface area contributed by atoms with Crippen LogP contribution in [-0.4, -0.2) is 32.7 Å². The zero-order valence-electron chi connectivity index (χ0n) is 9.56. The van der Waals surface area contributed by atoms with E-state index in [4.69, 9.17) is 4.74 Å². The Bertz CT molecular complexity index is 603. The zero-order chi connectivity index (χ0) is 13.0. The van der Waals surface area contributed by atoms with Crippen molar-refractivity contribution in [3.63, 3.8) is 0 Å². The Morgan fingerprint density at radius 3 is 3.11 bits per heavy atom. The topological polar surface area (TPSA) is 113 Å². The third kappa shape index (κ3) is 2.54. The summed E-state index contributed by atoms with van der Waals surface area (Å²) in [7, 11) is 0. The Kier molecular flexibility index (Phi) is 3.37. The smallest absolute Gasteiger partial charge is 0.337 e. The van der Waals surface area contributed by atoms with E-state index in [2.05, 4.69) is 25.5 Å². The first kappa shape index (κ1) is 11.8. The van der Waals surface area contributed by atoms with Gasteiger partial charge in [-0.25, -0.2) is 5.10 Å². The molecule has 94 valence electrons. The minimum absolute atomic E-state index is 0.00754.